The third-order valence-electron chi connectivity index (χ3n) is 6.57. The predicted octanol–water partition coefficient (Wildman–Crippen LogP) is 2.66. The molecule has 29 heavy (non-hydrogen) atoms. The lowest BCUT2D eigenvalue weighted by Crippen LogP contribution is -2.49. The van der Waals surface area contributed by atoms with Crippen LogP contribution in [-0.2, 0) is 19.6 Å². The van der Waals surface area contributed by atoms with Gasteiger partial charge in [0, 0.05) is 18.5 Å². The van der Waals surface area contributed by atoms with Gasteiger partial charge in [-0.15, -0.1) is 0 Å². The molecule has 1 heterocycles. The Labute approximate surface area is 174 Å². The number of hydrogen-bond acceptors (Lipinski definition) is 4. The molecule has 1 aromatic carbocycles. The number of rotatable bonds is 7. The monoisotopic (exact) mass is 420 g/mol. The van der Waals surface area contributed by atoms with Crippen LogP contribution in [0.15, 0.2) is 30.3 Å². The number of ether oxygens (including phenoxy) is 1. The van der Waals surface area contributed by atoms with Crippen molar-refractivity contribution in [2.75, 3.05) is 19.4 Å². The number of hydrogen-bond donors (Lipinski definition) is 1. The first-order chi connectivity index (χ1) is 13.9. The molecule has 1 amide bonds. The number of carbonyl (C=O) groups is 1. The summed E-state index contributed by atoms with van der Waals surface area (Å²) in [6.45, 7) is 1.02. The first kappa shape index (κ1) is 20.8. The summed E-state index contributed by atoms with van der Waals surface area (Å²) in [6, 6.07) is 10.2. The molecule has 4 rings (SSSR count). The third-order valence-corrected chi connectivity index (χ3v) is 7.30. The van der Waals surface area contributed by atoms with E-state index in [0.717, 1.165) is 38.5 Å². The normalized spacial score (nSPS) is 30.4. The van der Waals surface area contributed by atoms with Crippen LogP contribution in [0.4, 0.5) is 0 Å². The van der Waals surface area contributed by atoms with E-state index in [1.165, 1.54) is 11.8 Å². The van der Waals surface area contributed by atoms with Crippen molar-refractivity contribution < 1.29 is 17.9 Å². The molecule has 3 fully saturated rings. The van der Waals surface area contributed by atoms with Crippen molar-refractivity contribution in [3.8, 4) is 0 Å². The number of amides is 1. The van der Waals surface area contributed by atoms with Gasteiger partial charge in [0.1, 0.15) is 0 Å². The van der Waals surface area contributed by atoms with E-state index in [1.54, 1.807) is 0 Å². The second-order valence-corrected chi connectivity index (χ2v) is 10.7. The molecule has 0 spiro atoms. The second kappa shape index (κ2) is 8.74. The molecule has 6 nitrogen and oxygen atoms in total. The molecule has 1 aliphatic heterocycles. The Balaban J connectivity index is 1.33. The van der Waals surface area contributed by atoms with E-state index in [9.17, 15) is 13.2 Å². The average Bonchev–Trinajstić information content (AvgIpc) is 3.48. The minimum atomic E-state index is -3.32. The van der Waals surface area contributed by atoms with Crippen LogP contribution in [0.3, 0.4) is 0 Å². The highest BCUT2D eigenvalue weighted by molar-refractivity contribution is 7.88. The minimum absolute atomic E-state index is 0.135. The van der Waals surface area contributed by atoms with Gasteiger partial charge in [0.15, 0.2) is 0 Å². The van der Waals surface area contributed by atoms with Crippen LogP contribution in [0.1, 0.15) is 56.4 Å². The molecular weight excluding hydrogens is 388 g/mol. The van der Waals surface area contributed by atoms with E-state index in [1.807, 2.05) is 4.90 Å². The van der Waals surface area contributed by atoms with Crippen molar-refractivity contribution >= 4 is 15.9 Å². The number of nitrogens with one attached hydrogen (secondary N) is 1. The molecule has 1 N–H and O–H groups in total. The highest BCUT2D eigenvalue weighted by Gasteiger charge is 2.43. The molecule has 3 aliphatic rings. The number of carbonyl (C=O) groups excluding carboxylic acids is 1. The van der Waals surface area contributed by atoms with E-state index in [-0.39, 0.29) is 30.0 Å². The van der Waals surface area contributed by atoms with Crippen molar-refractivity contribution in [3.63, 3.8) is 0 Å². The lowest BCUT2D eigenvalue weighted by molar-refractivity contribution is -0.135. The molecule has 0 bridgehead atoms. The summed E-state index contributed by atoms with van der Waals surface area (Å²) in [6.07, 6.45) is 8.16. The van der Waals surface area contributed by atoms with E-state index < -0.39 is 10.0 Å². The number of nitrogens with zero attached hydrogens (tertiary/aromatic N) is 1. The van der Waals surface area contributed by atoms with Crippen LogP contribution in [0.2, 0.25) is 0 Å². The van der Waals surface area contributed by atoms with Gasteiger partial charge >= 0.3 is 0 Å². The highest BCUT2D eigenvalue weighted by Crippen LogP contribution is 2.36. The quantitative estimate of drug-likeness (QED) is 0.736. The summed E-state index contributed by atoms with van der Waals surface area (Å²) < 4.78 is 32.5. The molecule has 2 aliphatic carbocycles. The standard InChI is InChI=1S/C22H32N2O4S/c1-29(26,27)23-20-13-14-24(22(25)18-7-8-18)21(20)15-28-19-11-9-17(10-12-19)16-5-3-2-4-6-16/h2-6,17-21,23H,7-15H2,1H3. The maximum Gasteiger partial charge on any atom is 0.226 e. The molecular formula is C22H32N2O4S. The van der Waals surface area contributed by atoms with Gasteiger partial charge in [0.25, 0.3) is 0 Å². The molecule has 2 atom stereocenters. The van der Waals surface area contributed by atoms with Gasteiger partial charge in [-0.05, 0) is 56.4 Å². The lowest BCUT2D eigenvalue weighted by atomic mass is 9.83. The maximum absolute atomic E-state index is 12.7. The molecule has 1 aromatic rings. The zero-order chi connectivity index (χ0) is 20.4. The lowest BCUT2D eigenvalue weighted by Gasteiger charge is -2.33. The fourth-order valence-corrected chi connectivity index (χ4v) is 5.66. The van der Waals surface area contributed by atoms with Gasteiger partial charge in [-0.3, -0.25) is 4.79 Å². The second-order valence-electron chi connectivity index (χ2n) is 8.88. The number of sulfonamides is 1. The van der Waals surface area contributed by atoms with E-state index in [2.05, 4.69) is 35.1 Å². The molecule has 7 heteroatoms. The van der Waals surface area contributed by atoms with Crippen molar-refractivity contribution in [2.24, 2.45) is 5.92 Å². The van der Waals surface area contributed by atoms with E-state index in [0.29, 0.717) is 25.5 Å². The first-order valence-corrected chi connectivity index (χ1v) is 12.7. The van der Waals surface area contributed by atoms with Gasteiger partial charge in [-0.1, -0.05) is 30.3 Å². The van der Waals surface area contributed by atoms with Crippen LogP contribution in [0, 0.1) is 5.92 Å². The molecule has 2 saturated carbocycles. The number of benzene rings is 1. The van der Waals surface area contributed by atoms with E-state index >= 15 is 0 Å². The molecule has 2 unspecified atom stereocenters. The maximum atomic E-state index is 12.7. The van der Waals surface area contributed by atoms with Crippen LogP contribution in [0.5, 0.6) is 0 Å². The Morgan fingerprint density at radius 2 is 1.76 bits per heavy atom. The van der Waals surface area contributed by atoms with Gasteiger partial charge < -0.3 is 9.64 Å². The van der Waals surface area contributed by atoms with Crippen LogP contribution in [-0.4, -0.2) is 56.8 Å². The summed E-state index contributed by atoms with van der Waals surface area (Å²) >= 11 is 0. The highest BCUT2D eigenvalue weighted by atomic mass is 32.2. The fourth-order valence-electron chi connectivity index (χ4n) is 4.83. The summed E-state index contributed by atoms with van der Waals surface area (Å²) in [5.41, 5.74) is 1.40. The van der Waals surface area contributed by atoms with Crippen molar-refractivity contribution in [2.45, 2.75) is 69.1 Å². The minimum Gasteiger partial charge on any atom is -0.376 e. The Bertz CT molecular complexity index is 801. The molecule has 1 saturated heterocycles. The Kier molecular flexibility index (Phi) is 6.27. The van der Waals surface area contributed by atoms with Crippen molar-refractivity contribution in [1.29, 1.82) is 0 Å². The number of likely N-dealkylation sites (tertiary alicyclic amines) is 1. The van der Waals surface area contributed by atoms with Gasteiger partial charge in [-0.25, -0.2) is 13.1 Å². The topological polar surface area (TPSA) is 75.7 Å². The predicted molar refractivity (Wildman–Crippen MR) is 112 cm³/mol. The summed E-state index contributed by atoms with van der Waals surface area (Å²) in [5.74, 6) is 0.898. The van der Waals surface area contributed by atoms with Crippen molar-refractivity contribution in [3.05, 3.63) is 35.9 Å². The van der Waals surface area contributed by atoms with E-state index in [4.69, 9.17) is 4.74 Å². The van der Waals surface area contributed by atoms with Gasteiger partial charge in [-0.2, -0.15) is 0 Å². The SMILES string of the molecule is CS(=O)(=O)NC1CCN(C(=O)C2CC2)C1COC1CCC(c2ccccc2)CC1. The molecule has 0 radical (unpaired) electrons. The van der Waals surface area contributed by atoms with Crippen molar-refractivity contribution in [1.82, 2.24) is 9.62 Å². The summed E-state index contributed by atoms with van der Waals surface area (Å²) in [5, 5.41) is 0. The zero-order valence-electron chi connectivity index (χ0n) is 17.1. The smallest absolute Gasteiger partial charge is 0.226 e. The first-order valence-electron chi connectivity index (χ1n) is 10.8. The van der Waals surface area contributed by atoms with Crippen LogP contribution < -0.4 is 4.72 Å². The third kappa shape index (κ3) is 5.38. The molecule has 0 aromatic heterocycles. The van der Waals surface area contributed by atoms with Crippen LogP contribution in [0.25, 0.3) is 0 Å². The Morgan fingerprint density at radius 3 is 2.38 bits per heavy atom. The van der Waals surface area contributed by atoms with Gasteiger partial charge in [0.2, 0.25) is 15.9 Å². The summed E-state index contributed by atoms with van der Waals surface area (Å²) in [7, 11) is -3.32. The Morgan fingerprint density at radius 1 is 1.07 bits per heavy atom. The van der Waals surface area contributed by atoms with Crippen LogP contribution >= 0.6 is 0 Å². The summed E-state index contributed by atoms with van der Waals surface area (Å²) in [4.78, 5) is 14.5. The fraction of sp³-hybridized carbons (Fsp3) is 0.682. The zero-order valence-corrected chi connectivity index (χ0v) is 17.9. The largest absolute Gasteiger partial charge is 0.376 e. The molecule has 160 valence electrons. The average molecular weight is 421 g/mol. The van der Waals surface area contributed by atoms with Gasteiger partial charge in [0.05, 0.1) is 25.0 Å². The Hall–Kier alpha value is -1.44.